The first-order chi connectivity index (χ1) is 10.1. The highest BCUT2D eigenvalue weighted by Crippen LogP contribution is 2.36. The van der Waals surface area contributed by atoms with Gasteiger partial charge in [0.05, 0.1) is 0 Å². The van der Waals surface area contributed by atoms with Crippen molar-refractivity contribution in [2.45, 2.75) is 64.5 Å². The molecule has 1 atom stereocenters. The van der Waals surface area contributed by atoms with Crippen LogP contribution in [0.2, 0.25) is 0 Å². The molecule has 2 heterocycles. The highest BCUT2D eigenvalue weighted by molar-refractivity contribution is 5.44. The third-order valence-corrected chi connectivity index (χ3v) is 5.47. The van der Waals surface area contributed by atoms with E-state index in [0.717, 1.165) is 13.1 Å². The zero-order valence-corrected chi connectivity index (χ0v) is 13.5. The molecule has 3 nitrogen and oxygen atoms in total. The van der Waals surface area contributed by atoms with Gasteiger partial charge in [-0.15, -0.1) is 0 Å². The van der Waals surface area contributed by atoms with Crippen molar-refractivity contribution >= 4 is 5.69 Å². The molecule has 3 rings (SSSR count). The minimum atomic E-state index is 0.473. The summed E-state index contributed by atoms with van der Waals surface area (Å²) in [7, 11) is 0. The van der Waals surface area contributed by atoms with Gasteiger partial charge in [0.25, 0.3) is 0 Å². The van der Waals surface area contributed by atoms with Crippen molar-refractivity contribution < 1.29 is 0 Å². The van der Waals surface area contributed by atoms with E-state index in [1.165, 1.54) is 44.2 Å². The maximum absolute atomic E-state index is 4.11. The number of anilines is 1. The molecule has 1 saturated carbocycles. The van der Waals surface area contributed by atoms with Crippen LogP contribution in [-0.2, 0) is 0 Å². The summed E-state index contributed by atoms with van der Waals surface area (Å²) < 4.78 is 0. The summed E-state index contributed by atoms with van der Waals surface area (Å²) in [5.41, 5.74) is 1.79. The minimum absolute atomic E-state index is 0.473. The lowest BCUT2D eigenvalue weighted by atomic mass is 9.73. The zero-order valence-electron chi connectivity index (χ0n) is 13.5. The Morgan fingerprint density at radius 3 is 2.48 bits per heavy atom. The number of pyridine rings is 1. The average molecular weight is 287 g/mol. The third-order valence-electron chi connectivity index (χ3n) is 5.47. The van der Waals surface area contributed by atoms with Crippen molar-refractivity contribution in [3.63, 3.8) is 0 Å². The smallest absolute Gasteiger partial charge is 0.0397 e. The molecular formula is C18H29N3. The van der Waals surface area contributed by atoms with Gasteiger partial charge in [-0.25, -0.2) is 0 Å². The van der Waals surface area contributed by atoms with Crippen molar-refractivity contribution in [2.24, 2.45) is 5.41 Å². The van der Waals surface area contributed by atoms with Crippen LogP contribution >= 0.6 is 0 Å². The van der Waals surface area contributed by atoms with E-state index < -0.39 is 0 Å². The molecule has 1 unspecified atom stereocenters. The van der Waals surface area contributed by atoms with Crippen LogP contribution in [0.5, 0.6) is 0 Å². The molecule has 0 radical (unpaired) electrons. The van der Waals surface area contributed by atoms with Gasteiger partial charge in [0.1, 0.15) is 0 Å². The van der Waals surface area contributed by atoms with E-state index in [1.807, 2.05) is 12.4 Å². The van der Waals surface area contributed by atoms with Gasteiger partial charge in [0, 0.05) is 43.3 Å². The normalized spacial score (nSPS) is 26.8. The Hall–Kier alpha value is -1.09. The number of hydrogen-bond donors (Lipinski definition) is 1. The van der Waals surface area contributed by atoms with Gasteiger partial charge in [0.15, 0.2) is 0 Å². The van der Waals surface area contributed by atoms with Crippen molar-refractivity contribution in [3.05, 3.63) is 24.5 Å². The van der Waals surface area contributed by atoms with Gasteiger partial charge in [0.2, 0.25) is 0 Å². The Bertz CT molecular complexity index is 435. The van der Waals surface area contributed by atoms with Crippen LogP contribution in [0.15, 0.2) is 24.5 Å². The van der Waals surface area contributed by atoms with E-state index in [1.54, 1.807) is 0 Å². The van der Waals surface area contributed by atoms with E-state index in [0.29, 0.717) is 17.5 Å². The predicted molar refractivity (Wildman–Crippen MR) is 88.6 cm³/mol. The molecule has 3 heteroatoms. The first-order valence-corrected chi connectivity index (χ1v) is 8.56. The number of nitrogens with one attached hydrogen (secondary N) is 1. The molecule has 21 heavy (non-hydrogen) atoms. The lowest BCUT2D eigenvalue weighted by Crippen LogP contribution is -2.52. The molecule has 1 aliphatic heterocycles. The fourth-order valence-electron chi connectivity index (χ4n) is 3.95. The Kier molecular flexibility index (Phi) is 4.48. The molecule has 1 aromatic rings. The Labute approximate surface area is 129 Å². The fraction of sp³-hybridized carbons (Fsp3) is 0.722. The monoisotopic (exact) mass is 287 g/mol. The maximum Gasteiger partial charge on any atom is 0.0397 e. The highest BCUT2D eigenvalue weighted by atomic mass is 15.2. The van der Waals surface area contributed by atoms with Crippen LogP contribution in [0.1, 0.15) is 52.4 Å². The summed E-state index contributed by atoms with van der Waals surface area (Å²) in [5, 5.41) is 3.98. The number of rotatable bonds is 3. The molecule has 1 aliphatic carbocycles. The molecule has 0 bridgehead atoms. The van der Waals surface area contributed by atoms with Crippen LogP contribution in [0.4, 0.5) is 5.69 Å². The first-order valence-electron chi connectivity index (χ1n) is 8.56. The summed E-state index contributed by atoms with van der Waals surface area (Å²) in [5.74, 6) is 0. The van der Waals surface area contributed by atoms with Gasteiger partial charge in [-0.05, 0) is 43.2 Å². The molecule has 2 aliphatic rings. The van der Waals surface area contributed by atoms with Gasteiger partial charge in [-0.2, -0.15) is 0 Å². The SMILES string of the molecule is CC1(C)CCCCC1NC1CCN(c2ccncc2)CC1. The van der Waals surface area contributed by atoms with E-state index in [-0.39, 0.29) is 0 Å². The quantitative estimate of drug-likeness (QED) is 0.920. The fourth-order valence-corrected chi connectivity index (χ4v) is 3.95. The maximum atomic E-state index is 4.11. The first kappa shape index (κ1) is 14.8. The number of nitrogens with zero attached hydrogens (tertiary/aromatic N) is 2. The molecule has 0 spiro atoms. The van der Waals surface area contributed by atoms with Crippen molar-refractivity contribution in [3.8, 4) is 0 Å². The van der Waals surface area contributed by atoms with Gasteiger partial charge in [-0.1, -0.05) is 26.7 Å². The molecular weight excluding hydrogens is 258 g/mol. The summed E-state index contributed by atoms with van der Waals surface area (Å²) in [4.78, 5) is 6.60. The average Bonchev–Trinajstić information content (AvgIpc) is 2.51. The van der Waals surface area contributed by atoms with Crippen molar-refractivity contribution in [1.29, 1.82) is 0 Å². The lowest BCUT2D eigenvalue weighted by molar-refractivity contribution is 0.149. The van der Waals surface area contributed by atoms with E-state index in [4.69, 9.17) is 0 Å². The lowest BCUT2D eigenvalue weighted by Gasteiger charge is -2.43. The molecule has 1 aromatic heterocycles. The molecule has 116 valence electrons. The van der Waals surface area contributed by atoms with E-state index >= 15 is 0 Å². The minimum Gasteiger partial charge on any atom is -0.371 e. The topological polar surface area (TPSA) is 28.2 Å². The second kappa shape index (κ2) is 6.35. The van der Waals surface area contributed by atoms with Crippen LogP contribution in [-0.4, -0.2) is 30.2 Å². The van der Waals surface area contributed by atoms with E-state index in [2.05, 4.69) is 41.2 Å². The summed E-state index contributed by atoms with van der Waals surface area (Å²) in [6.07, 6.45) is 11.8. The summed E-state index contributed by atoms with van der Waals surface area (Å²) in [6.45, 7) is 7.20. The predicted octanol–water partition coefficient (Wildman–Crippen LogP) is 3.61. The zero-order chi connectivity index (χ0) is 14.7. The number of hydrogen-bond acceptors (Lipinski definition) is 3. The van der Waals surface area contributed by atoms with Crippen LogP contribution in [0.25, 0.3) is 0 Å². The highest BCUT2D eigenvalue weighted by Gasteiger charge is 2.34. The molecule has 1 N–H and O–H groups in total. The molecule has 2 fully saturated rings. The summed E-state index contributed by atoms with van der Waals surface area (Å²) in [6, 6.07) is 5.66. The number of aromatic nitrogens is 1. The van der Waals surface area contributed by atoms with Crippen molar-refractivity contribution in [1.82, 2.24) is 10.3 Å². The standard InChI is InChI=1S/C18H29N3/c1-18(2)10-4-3-5-17(18)20-15-8-13-21(14-9-15)16-6-11-19-12-7-16/h6-7,11-12,15,17,20H,3-5,8-10,13-14H2,1-2H3. The van der Waals surface area contributed by atoms with Crippen LogP contribution in [0, 0.1) is 5.41 Å². The van der Waals surface area contributed by atoms with Gasteiger partial charge < -0.3 is 10.2 Å². The Balaban J connectivity index is 1.52. The third kappa shape index (κ3) is 3.57. The van der Waals surface area contributed by atoms with Crippen LogP contribution in [0.3, 0.4) is 0 Å². The Morgan fingerprint density at radius 1 is 1.10 bits per heavy atom. The number of piperidine rings is 1. The second-order valence-corrected chi connectivity index (χ2v) is 7.42. The second-order valence-electron chi connectivity index (χ2n) is 7.42. The molecule has 0 aromatic carbocycles. The Morgan fingerprint density at radius 2 is 1.81 bits per heavy atom. The molecule has 1 saturated heterocycles. The largest absolute Gasteiger partial charge is 0.371 e. The van der Waals surface area contributed by atoms with Crippen LogP contribution < -0.4 is 10.2 Å². The summed E-state index contributed by atoms with van der Waals surface area (Å²) >= 11 is 0. The van der Waals surface area contributed by atoms with Gasteiger partial charge >= 0.3 is 0 Å². The van der Waals surface area contributed by atoms with Crippen molar-refractivity contribution in [2.75, 3.05) is 18.0 Å². The molecule has 0 amide bonds. The van der Waals surface area contributed by atoms with E-state index in [9.17, 15) is 0 Å². The van der Waals surface area contributed by atoms with Gasteiger partial charge in [-0.3, -0.25) is 4.98 Å².